The molecule has 0 aliphatic rings. The third-order valence-electron chi connectivity index (χ3n) is 1.92. The van der Waals surface area contributed by atoms with Gasteiger partial charge in [0.1, 0.15) is 0 Å². The van der Waals surface area contributed by atoms with Crippen molar-refractivity contribution >= 4 is 11.6 Å². The highest BCUT2D eigenvalue weighted by Crippen LogP contribution is 2.22. The monoisotopic (exact) mass is 205 g/mol. The molecular weight excluding hydrogens is 198 g/mol. The number of nitro benzene ring substituents is 1. The number of hydrogen-bond donors (Lipinski definition) is 1. The first-order chi connectivity index (χ1) is 6.97. The van der Waals surface area contributed by atoms with Crippen LogP contribution in [0.5, 0.6) is 0 Å². The minimum absolute atomic E-state index is 0.0469. The number of benzene rings is 1. The van der Waals surface area contributed by atoms with Gasteiger partial charge in [-0.3, -0.25) is 14.9 Å². The summed E-state index contributed by atoms with van der Waals surface area (Å²) >= 11 is 0. The molecule has 2 N–H and O–H groups in total. The van der Waals surface area contributed by atoms with Crippen LogP contribution in [0.4, 0.5) is 5.69 Å². The van der Waals surface area contributed by atoms with E-state index in [1.165, 1.54) is 13.0 Å². The standard InChI is InChI=1S/C9H7N3O3/c1-5-2-6(4-10)7(9(11)13)3-8(5)12(14)15/h2-3H,1H3,(H2,11,13). The molecule has 0 aliphatic heterocycles. The predicted octanol–water partition coefficient (Wildman–Crippen LogP) is 0.874. The fourth-order valence-corrected chi connectivity index (χ4v) is 1.19. The highest BCUT2D eigenvalue weighted by Gasteiger charge is 2.17. The second-order valence-electron chi connectivity index (χ2n) is 2.92. The van der Waals surface area contributed by atoms with E-state index in [9.17, 15) is 14.9 Å². The Morgan fingerprint density at radius 3 is 2.60 bits per heavy atom. The quantitative estimate of drug-likeness (QED) is 0.570. The van der Waals surface area contributed by atoms with Crippen LogP contribution in [0.3, 0.4) is 0 Å². The Balaban J connectivity index is 3.52. The van der Waals surface area contributed by atoms with Gasteiger partial charge in [0.2, 0.25) is 5.91 Å². The summed E-state index contributed by atoms with van der Waals surface area (Å²) in [4.78, 5) is 20.9. The SMILES string of the molecule is Cc1cc(C#N)c(C(N)=O)cc1[N+](=O)[O-]. The maximum Gasteiger partial charge on any atom is 0.273 e. The summed E-state index contributed by atoms with van der Waals surface area (Å²) in [7, 11) is 0. The zero-order chi connectivity index (χ0) is 11.6. The highest BCUT2D eigenvalue weighted by atomic mass is 16.6. The molecular formula is C9H7N3O3. The third kappa shape index (κ3) is 1.91. The molecule has 0 unspecified atom stereocenters. The second kappa shape index (κ2) is 3.75. The summed E-state index contributed by atoms with van der Waals surface area (Å²) in [5.41, 5.74) is 5.01. The van der Waals surface area contributed by atoms with Gasteiger partial charge >= 0.3 is 0 Å². The molecule has 6 heteroatoms. The number of nitro groups is 1. The van der Waals surface area contributed by atoms with Gasteiger partial charge in [-0.15, -0.1) is 0 Å². The lowest BCUT2D eigenvalue weighted by Gasteiger charge is -2.01. The van der Waals surface area contributed by atoms with E-state index in [0.717, 1.165) is 6.07 Å². The van der Waals surface area contributed by atoms with Crippen LogP contribution in [0.25, 0.3) is 0 Å². The molecule has 0 bridgehead atoms. The molecule has 0 fully saturated rings. The average molecular weight is 205 g/mol. The van der Waals surface area contributed by atoms with Gasteiger partial charge in [0.15, 0.2) is 0 Å². The highest BCUT2D eigenvalue weighted by molar-refractivity contribution is 5.96. The van der Waals surface area contributed by atoms with Crippen LogP contribution < -0.4 is 5.73 Å². The average Bonchev–Trinajstić information content (AvgIpc) is 2.16. The molecule has 6 nitrogen and oxygen atoms in total. The Morgan fingerprint density at radius 2 is 2.20 bits per heavy atom. The van der Waals surface area contributed by atoms with Gasteiger partial charge in [-0.1, -0.05) is 0 Å². The minimum atomic E-state index is -0.852. The molecule has 0 saturated heterocycles. The van der Waals surface area contributed by atoms with E-state index in [1.807, 2.05) is 0 Å². The summed E-state index contributed by atoms with van der Waals surface area (Å²) in [6.07, 6.45) is 0. The topological polar surface area (TPSA) is 110 Å². The summed E-state index contributed by atoms with van der Waals surface area (Å²) in [5, 5.41) is 19.3. The van der Waals surface area contributed by atoms with E-state index in [2.05, 4.69) is 0 Å². The number of nitrogens with zero attached hydrogens (tertiary/aromatic N) is 2. The molecule has 1 aromatic carbocycles. The van der Waals surface area contributed by atoms with Crippen LogP contribution in [-0.2, 0) is 0 Å². The molecule has 76 valence electrons. The van der Waals surface area contributed by atoms with Gasteiger partial charge in [-0.2, -0.15) is 5.26 Å². The van der Waals surface area contributed by atoms with E-state index < -0.39 is 10.8 Å². The Labute approximate surface area is 85.1 Å². The van der Waals surface area contributed by atoms with Crippen LogP contribution in [0.2, 0.25) is 0 Å². The largest absolute Gasteiger partial charge is 0.366 e. The van der Waals surface area contributed by atoms with Crippen molar-refractivity contribution in [2.45, 2.75) is 6.92 Å². The summed E-state index contributed by atoms with van der Waals surface area (Å²) in [6, 6.07) is 4.06. The summed E-state index contributed by atoms with van der Waals surface area (Å²) < 4.78 is 0. The number of rotatable bonds is 2. The van der Waals surface area contributed by atoms with Crippen molar-refractivity contribution in [3.8, 4) is 6.07 Å². The van der Waals surface area contributed by atoms with Crippen LogP contribution in [0.1, 0.15) is 21.5 Å². The first-order valence-electron chi connectivity index (χ1n) is 3.96. The lowest BCUT2D eigenvalue weighted by Crippen LogP contribution is -2.13. The van der Waals surface area contributed by atoms with E-state index in [1.54, 1.807) is 6.07 Å². The molecule has 1 amide bonds. The Kier molecular flexibility index (Phi) is 2.67. The zero-order valence-corrected chi connectivity index (χ0v) is 7.85. The number of nitriles is 1. The maximum atomic E-state index is 10.9. The van der Waals surface area contributed by atoms with Crippen molar-refractivity contribution in [3.63, 3.8) is 0 Å². The van der Waals surface area contributed by atoms with Gasteiger partial charge in [0, 0.05) is 11.6 Å². The Morgan fingerprint density at radius 1 is 1.60 bits per heavy atom. The van der Waals surface area contributed by atoms with Crippen LogP contribution >= 0.6 is 0 Å². The van der Waals surface area contributed by atoms with Crippen LogP contribution in [0, 0.1) is 28.4 Å². The zero-order valence-electron chi connectivity index (χ0n) is 7.85. The number of carbonyl (C=O) groups is 1. The number of carbonyl (C=O) groups excluding carboxylic acids is 1. The molecule has 0 aromatic heterocycles. The van der Waals surface area contributed by atoms with Gasteiger partial charge in [-0.25, -0.2) is 0 Å². The lowest BCUT2D eigenvalue weighted by molar-refractivity contribution is -0.385. The van der Waals surface area contributed by atoms with Crippen molar-refractivity contribution in [2.24, 2.45) is 5.73 Å². The van der Waals surface area contributed by atoms with Crippen molar-refractivity contribution in [2.75, 3.05) is 0 Å². The minimum Gasteiger partial charge on any atom is -0.366 e. The van der Waals surface area contributed by atoms with Gasteiger partial charge in [-0.05, 0) is 13.0 Å². The molecule has 0 atom stereocenters. The van der Waals surface area contributed by atoms with Crippen molar-refractivity contribution in [1.82, 2.24) is 0 Å². The molecule has 0 aliphatic carbocycles. The number of primary amides is 1. The number of nitrogens with two attached hydrogens (primary N) is 1. The fourth-order valence-electron chi connectivity index (χ4n) is 1.19. The van der Waals surface area contributed by atoms with Crippen molar-refractivity contribution in [3.05, 3.63) is 38.9 Å². The molecule has 0 radical (unpaired) electrons. The number of aryl methyl sites for hydroxylation is 1. The van der Waals surface area contributed by atoms with Gasteiger partial charge < -0.3 is 5.73 Å². The van der Waals surface area contributed by atoms with Gasteiger partial charge in [0.05, 0.1) is 22.1 Å². The Bertz CT molecular complexity index is 488. The fraction of sp³-hybridized carbons (Fsp3) is 0.111. The van der Waals surface area contributed by atoms with E-state index >= 15 is 0 Å². The van der Waals surface area contributed by atoms with Crippen LogP contribution in [0.15, 0.2) is 12.1 Å². The van der Waals surface area contributed by atoms with Gasteiger partial charge in [0.25, 0.3) is 5.69 Å². The van der Waals surface area contributed by atoms with E-state index in [4.69, 9.17) is 11.0 Å². The summed E-state index contributed by atoms with van der Waals surface area (Å²) in [6.45, 7) is 1.49. The van der Waals surface area contributed by atoms with Crippen molar-refractivity contribution < 1.29 is 9.72 Å². The smallest absolute Gasteiger partial charge is 0.273 e. The molecule has 1 aromatic rings. The van der Waals surface area contributed by atoms with Crippen LogP contribution in [-0.4, -0.2) is 10.8 Å². The molecule has 15 heavy (non-hydrogen) atoms. The third-order valence-corrected chi connectivity index (χ3v) is 1.92. The second-order valence-corrected chi connectivity index (χ2v) is 2.92. The number of amides is 1. The lowest BCUT2D eigenvalue weighted by atomic mass is 10.0. The number of hydrogen-bond acceptors (Lipinski definition) is 4. The van der Waals surface area contributed by atoms with E-state index in [-0.39, 0.29) is 16.8 Å². The molecule has 0 heterocycles. The first kappa shape index (κ1) is 10.7. The normalized spacial score (nSPS) is 9.33. The van der Waals surface area contributed by atoms with E-state index in [0.29, 0.717) is 5.56 Å². The molecule has 0 spiro atoms. The van der Waals surface area contributed by atoms with Crippen molar-refractivity contribution in [1.29, 1.82) is 5.26 Å². The Hall–Kier alpha value is -2.42. The first-order valence-corrected chi connectivity index (χ1v) is 3.96. The maximum absolute atomic E-state index is 10.9. The summed E-state index contributed by atoms with van der Waals surface area (Å²) in [5.74, 6) is -0.852. The molecule has 1 rings (SSSR count). The predicted molar refractivity (Wildman–Crippen MR) is 51.1 cm³/mol. The molecule has 0 saturated carbocycles.